The molecule has 1 atom stereocenters. The molecular formula is C27H39NO4S2. The average Bonchev–Trinajstić information content (AvgIpc) is 2.87. The first-order valence-corrected chi connectivity index (χ1v) is 13.8. The lowest BCUT2D eigenvalue weighted by atomic mass is 9.98. The van der Waals surface area contributed by atoms with Crippen molar-refractivity contribution in [2.24, 2.45) is 5.92 Å². The van der Waals surface area contributed by atoms with Gasteiger partial charge < -0.3 is 23.8 Å². The van der Waals surface area contributed by atoms with Gasteiger partial charge in [-0.15, -0.1) is 23.5 Å². The summed E-state index contributed by atoms with van der Waals surface area (Å²) in [6.07, 6.45) is 3.37. The van der Waals surface area contributed by atoms with Gasteiger partial charge in [-0.1, -0.05) is 19.1 Å². The molecule has 0 unspecified atom stereocenters. The van der Waals surface area contributed by atoms with Gasteiger partial charge in [0.15, 0.2) is 23.0 Å². The number of methoxy groups -OCH3 is 4. The molecule has 0 aliphatic carbocycles. The van der Waals surface area contributed by atoms with Crippen molar-refractivity contribution in [3.05, 3.63) is 47.5 Å². The van der Waals surface area contributed by atoms with E-state index >= 15 is 0 Å². The summed E-state index contributed by atoms with van der Waals surface area (Å²) < 4.78 is 22.0. The van der Waals surface area contributed by atoms with E-state index in [9.17, 15) is 0 Å². The Morgan fingerprint density at radius 1 is 0.853 bits per heavy atom. The summed E-state index contributed by atoms with van der Waals surface area (Å²) in [6.45, 7) is 4.44. The smallest absolute Gasteiger partial charge is 0.161 e. The lowest BCUT2D eigenvalue weighted by Gasteiger charge is -2.39. The molecule has 34 heavy (non-hydrogen) atoms. The summed E-state index contributed by atoms with van der Waals surface area (Å²) in [4.78, 5) is 2.45. The third-order valence-electron chi connectivity index (χ3n) is 6.25. The monoisotopic (exact) mass is 505 g/mol. The van der Waals surface area contributed by atoms with Crippen LogP contribution < -0.4 is 18.9 Å². The molecule has 0 radical (unpaired) electrons. The van der Waals surface area contributed by atoms with Crippen molar-refractivity contribution >= 4 is 23.5 Å². The second-order valence-electron chi connectivity index (χ2n) is 8.88. The highest BCUT2D eigenvalue weighted by molar-refractivity contribution is 8.18. The van der Waals surface area contributed by atoms with Crippen molar-refractivity contribution in [2.45, 2.75) is 30.3 Å². The summed E-state index contributed by atoms with van der Waals surface area (Å²) in [7, 11) is 8.99. The second-order valence-corrected chi connectivity index (χ2v) is 11.9. The molecule has 0 aromatic heterocycles. The number of benzene rings is 2. The number of rotatable bonds is 12. The van der Waals surface area contributed by atoms with Gasteiger partial charge in [0.25, 0.3) is 0 Å². The van der Waals surface area contributed by atoms with Gasteiger partial charge in [0.1, 0.15) is 0 Å². The van der Waals surface area contributed by atoms with E-state index in [0.29, 0.717) is 5.92 Å². The standard InChI is InChI=1S/C27H39NO4S2/c1-20(19-28(2)13-12-21-8-10-23(29-3)25(16-21)31-5)18-27(33-14-7-15-34-27)22-9-11-24(30-4)26(17-22)32-6/h8-11,16-17,20H,7,12-15,18-19H2,1-6H3/t20-/m0/s1. The van der Waals surface area contributed by atoms with Crippen LogP contribution in [0.4, 0.5) is 0 Å². The number of likely N-dealkylation sites (N-methyl/N-ethyl adjacent to an activating group) is 1. The van der Waals surface area contributed by atoms with E-state index < -0.39 is 0 Å². The van der Waals surface area contributed by atoms with Gasteiger partial charge in [-0.3, -0.25) is 0 Å². The number of nitrogens with zero attached hydrogens (tertiary/aromatic N) is 1. The van der Waals surface area contributed by atoms with E-state index in [4.69, 9.17) is 18.9 Å². The van der Waals surface area contributed by atoms with Crippen LogP contribution in [0.25, 0.3) is 0 Å². The van der Waals surface area contributed by atoms with Crippen LogP contribution in [-0.2, 0) is 10.5 Å². The van der Waals surface area contributed by atoms with Crippen LogP contribution >= 0.6 is 23.5 Å². The molecule has 1 heterocycles. The van der Waals surface area contributed by atoms with Gasteiger partial charge >= 0.3 is 0 Å². The summed E-state index contributed by atoms with van der Waals surface area (Å²) in [5.74, 6) is 6.12. The first kappa shape index (κ1) is 26.9. The van der Waals surface area contributed by atoms with Crippen LogP contribution in [0.3, 0.4) is 0 Å². The highest BCUT2D eigenvalue weighted by atomic mass is 32.2. The zero-order chi connectivity index (χ0) is 24.6. The molecule has 3 rings (SSSR count). The maximum absolute atomic E-state index is 5.62. The fraction of sp³-hybridized carbons (Fsp3) is 0.556. The molecule has 1 aliphatic rings. The highest BCUT2D eigenvalue weighted by Crippen LogP contribution is 2.55. The molecule has 1 saturated heterocycles. The first-order chi connectivity index (χ1) is 16.4. The Hall–Kier alpha value is -1.70. The molecule has 0 saturated carbocycles. The van der Waals surface area contributed by atoms with E-state index in [1.54, 1.807) is 28.4 Å². The van der Waals surface area contributed by atoms with E-state index in [2.05, 4.69) is 66.7 Å². The fourth-order valence-electron chi connectivity index (χ4n) is 4.55. The quantitative estimate of drug-likeness (QED) is 0.353. The predicted molar refractivity (Wildman–Crippen MR) is 145 cm³/mol. The zero-order valence-corrected chi connectivity index (χ0v) is 23.0. The number of ether oxygens (including phenoxy) is 4. The van der Waals surface area contributed by atoms with Crippen LogP contribution in [0.15, 0.2) is 36.4 Å². The minimum Gasteiger partial charge on any atom is -0.493 e. The maximum atomic E-state index is 5.62. The largest absolute Gasteiger partial charge is 0.493 e. The van der Waals surface area contributed by atoms with Crippen LogP contribution in [0.2, 0.25) is 0 Å². The zero-order valence-electron chi connectivity index (χ0n) is 21.4. The number of hydrogen-bond acceptors (Lipinski definition) is 7. The number of thioether (sulfide) groups is 2. The van der Waals surface area contributed by atoms with E-state index in [1.807, 2.05) is 12.1 Å². The Labute approximate surface area is 213 Å². The fourth-order valence-corrected chi connectivity index (χ4v) is 8.20. The van der Waals surface area contributed by atoms with Crippen LogP contribution in [0, 0.1) is 5.92 Å². The Bertz CT molecular complexity index is 917. The molecule has 2 aromatic carbocycles. The molecule has 0 spiro atoms. The Balaban J connectivity index is 1.64. The minimum atomic E-state index is 0.0570. The third-order valence-corrected chi connectivity index (χ3v) is 9.68. The van der Waals surface area contributed by atoms with Crippen LogP contribution in [0.5, 0.6) is 23.0 Å². The third kappa shape index (κ3) is 6.70. The van der Waals surface area contributed by atoms with Crippen molar-refractivity contribution < 1.29 is 18.9 Å². The van der Waals surface area contributed by atoms with Crippen molar-refractivity contribution in [3.63, 3.8) is 0 Å². The molecule has 1 fully saturated rings. The summed E-state index contributed by atoms with van der Waals surface area (Å²) in [6, 6.07) is 12.6. The molecule has 188 valence electrons. The minimum absolute atomic E-state index is 0.0570. The summed E-state index contributed by atoms with van der Waals surface area (Å²) in [5.41, 5.74) is 2.59. The van der Waals surface area contributed by atoms with Gasteiger partial charge in [0.05, 0.1) is 32.5 Å². The van der Waals surface area contributed by atoms with Crippen LogP contribution in [-0.4, -0.2) is 65.0 Å². The van der Waals surface area contributed by atoms with Crippen molar-refractivity contribution in [3.8, 4) is 23.0 Å². The van der Waals surface area contributed by atoms with Gasteiger partial charge in [-0.25, -0.2) is 0 Å². The predicted octanol–water partition coefficient (Wildman–Crippen LogP) is 5.94. The molecule has 7 heteroatoms. The lowest BCUT2D eigenvalue weighted by molar-refractivity contribution is 0.277. The van der Waals surface area contributed by atoms with Crippen molar-refractivity contribution in [1.29, 1.82) is 0 Å². The van der Waals surface area contributed by atoms with E-state index in [0.717, 1.165) is 48.9 Å². The Morgan fingerprint density at radius 2 is 1.44 bits per heavy atom. The Morgan fingerprint density at radius 3 is 2.06 bits per heavy atom. The van der Waals surface area contributed by atoms with E-state index in [-0.39, 0.29) is 4.08 Å². The number of hydrogen-bond donors (Lipinski definition) is 0. The van der Waals surface area contributed by atoms with Gasteiger partial charge in [0, 0.05) is 13.1 Å². The molecule has 0 N–H and O–H groups in total. The molecular weight excluding hydrogens is 466 g/mol. The van der Waals surface area contributed by atoms with Gasteiger partial charge in [-0.2, -0.15) is 0 Å². The van der Waals surface area contributed by atoms with Gasteiger partial charge in [-0.05, 0) is 79.1 Å². The van der Waals surface area contributed by atoms with Gasteiger partial charge in [0.2, 0.25) is 0 Å². The molecule has 0 amide bonds. The molecule has 1 aliphatic heterocycles. The molecule has 2 aromatic rings. The van der Waals surface area contributed by atoms with Crippen LogP contribution in [0.1, 0.15) is 30.9 Å². The first-order valence-electron chi connectivity index (χ1n) is 11.8. The SMILES string of the molecule is COc1ccc(CCN(C)C[C@@H](C)CC2(c3ccc(OC)c(OC)c3)SCCCS2)cc1OC. The molecule has 0 bridgehead atoms. The average molecular weight is 506 g/mol. The normalized spacial score (nSPS) is 16.2. The maximum Gasteiger partial charge on any atom is 0.161 e. The topological polar surface area (TPSA) is 40.2 Å². The second kappa shape index (κ2) is 12.8. The van der Waals surface area contributed by atoms with Crippen molar-refractivity contribution in [1.82, 2.24) is 4.90 Å². The summed E-state index contributed by atoms with van der Waals surface area (Å²) in [5, 5.41) is 0. The summed E-state index contributed by atoms with van der Waals surface area (Å²) >= 11 is 4.18. The van der Waals surface area contributed by atoms with Crippen molar-refractivity contribution in [2.75, 3.05) is 60.1 Å². The highest BCUT2D eigenvalue weighted by Gasteiger charge is 2.37. The lowest BCUT2D eigenvalue weighted by Crippen LogP contribution is -2.32. The van der Waals surface area contributed by atoms with E-state index in [1.165, 1.54) is 29.1 Å². The molecule has 5 nitrogen and oxygen atoms in total. The Kier molecular flexibility index (Phi) is 10.2.